The number of carbonyl (C=O) groups excluding carboxylic acids is 2. The summed E-state index contributed by atoms with van der Waals surface area (Å²) in [4.78, 5) is 32.6. The Balaban J connectivity index is 1.41. The Hall–Kier alpha value is -2.88. The highest BCUT2D eigenvalue weighted by atomic mass is 16.8. The molecule has 2 amide bonds. The van der Waals surface area contributed by atoms with Crippen molar-refractivity contribution in [2.45, 2.75) is 37.4 Å². The van der Waals surface area contributed by atoms with E-state index >= 15 is 0 Å². The largest absolute Gasteiger partial charge is 0.370 e. The van der Waals surface area contributed by atoms with Crippen LogP contribution in [0.15, 0.2) is 48.9 Å². The highest BCUT2D eigenvalue weighted by Crippen LogP contribution is 2.43. The molecule has 2 N–H and O–H groups in total. The van der Waals surface area contributed by atoms with Crippen molar-refractivity contribution in [3.05, 3.63) is 60.2 Å². The monoisotopic (exact) mass is 412 g/mol. The summed E-state index contributed by atoms with van der Waals surface area (Å²) in [6.45, 7) is 4.32. The minimum atomic E-state index is -0.837. The van der Waals surface area contributed by atoms with E-state index < -0.39 is 23.6 Å². The molecule has 0 unspecified atom stereocenters. The van der Waals surface area contributed by atoms with Crippen molar-refractivity contribution in [3.8, 4) is 0 Å². The molecule has 2 aliphatic heterocycles. The van der Waals surface area contributed by atoms with Gasteiger partial charge < -0.3 is 24.8 Å². The van der Waals surface area contributed by atoms with Crippen LogP contribution in [-0.2, 0) is 14.2 Å². The van der Waals surface area contributed by atoms with Crippen molar-refractivity contribution < 1.29 is 23.8 Å². The Bertz CT molecular complexity index is 908. The molecule has 30 heavy (non-hydrogen) atoms. The van der Waals surface area contributed by atoms with E-state index in [-0.39, 0.29) is 37.2 Å². The number of nitrogens with zero attached hydrogens (tertiary/aromatic N) is 2. The second kappa shape index (κ2) is 8.10. The van der Waals surface area contributed by atoms with Crippen LogP contribution in [0.5, 0.6) is 0 Å². The van der Waals surface area contributed by atoms with Crippen molar-refractivity contribution in [3.63, 3.8) is 0 Å². The zero-order chi connectivity index (χ0) is 21.2. The number of amides is 2. The Kier molecular flexibility index (Phi) is 5.50. The third-order valence-corrected chi connectivity index (χ3v) is 5.10. The lowest BCUT2D eigenvalue weighted by Gasteiger charge is -2.27. The number of fused-ring (bicyclic) bond motifs is 1. The summed E-state index contributed by atoms with van der Waals surface area (Å²) < 4.78 is 18.1. The van der Waals surface area contributed by atoms with Gasteiger partial charge in [0.15, 0.2) is 5.79 Å². The number of nitrogens with one attached hydrogen (secondary N) is 2. The second-order valence-electron chi connectivity index (χ2n) is 7.80. The van der Waals surface area contributed by atoms with E-state index in [1.54, 1.807) is 12.1 Å². The molecule has 0 saturated carbocycles. The van der Waals surface area contributed by atoms with Gasteiger partial charge in [-0.15, -0.1) is 0 Å². The zero-order valence-corrected chi connectivity index (χ0v) is 16.8. The third-order valence-electron chi connectivity index (χ3n) is 5.10. The van der Waals surface area contributed by atoms with E-state index in [9.17, 15) is 9.59 Å². The van der Waals surface area contributed by atoms with Gasteiger partial charge in [0.05, 0.1) is 19.3 Å². The van der Waals surface area contributed by atoms with E-state index in [4.69, 9.17) is 14.2 Å². The second-order valence-corrected chi connectivity index (χ2v) is 7.80. The molecule has 2 saturated heterocycles. The van der Waals surface area contributed by atoms with Crippen LogP contribution in [0.3, 0.4) is 0 Å². The first-order chi connectivity index (χ1) is 14.4. The summed E-state index contributed by atoms with van der Waals surface area (Å²) in [6.07, 6.45) is 3.47. The predicted molar refractivity (Wildman–Crippen MR) is 106 cm³/mol. The molecule has 0 spiro atoms. The molecule has 158 valence electrons. The van der Waals surface area contributed by atoms with Crippen LogP contribution in [0.4, 0.5) is 0 Å². The summed E-state index contributed by atoms with van der Waals surface area (Å²) in [6, 6.07) is 8.96. The van der Waals surface area contributed by atoms with Gasteiger partial charge in [0.2, 0.25) is 0 Å². The number of benzene rings is 1. The summed E-state index contributed by atoms with van der Waals surface area (Å²) in [5.41, 5.74) is -0.0493. The number of carbonyl (C=O) groups is 2. The standard InChI is InChI=1S/C21H24N4O5/c1-20(2)29-17-16(11-24-19(27)15-10-22-8-9-23-15)28-13-21(17,30-20)12-25-18(26)14-6-4-3-5-7-14/h3-10,16-17H,11-13H2,1-2H3,(H,24,27)(H,25,26)/t16-,17-,21+/m1/s1. The highest BCUT2D eigenvalue weighted by Gasteiger charge is 2.61. The lowest BCUT2D eigenvalue weighted by molar-refractivity contribution is -0.188. The summed E-state index contributed by atoms with van der Waals surface area (Å²) in [7, 11) is 0. The lowest BCUT2D eigenvalue weighted by atomic mass is 9.96. The molecule has 1 aromatic heterocycles. The summed E-state index contributed by atoms with van der Waals surface area (Å²) in [5, 5.41) is 5.72. The number of hydrogen-bond donors (Lipinski definition) is 2. The minimum Gasteiger partial charge on any atom is -0.370 e. The smallest absolute Gasteiger partial charge is 0.271 e. The van der Waals surface area contributed by atoms with Gasteiger partial charge in [0.1, 0.15) is 23.5 Å². The van der Waals surface area contributed by atoms with Gasteiger partial charge in [0, 0.05) is 24.5 Å². The summed E-state index contributed by atoms with van der Waals surface area (Å²) >= 11 is 0. The van der Waals surface area contributed by atoms with E-state index in [2.05, 4.69) is 20.6 Å². The molecular formula is C21H24N4O5. The molecular weight excluding hydrogens is 388 g/mol. The van der Waals surface area contributed by atoms with Crippen LogP contribution in [0.2, 0.25) is 0 Å². The highest BCUT2D eigenvalue weighted by molar-refractivity contribution is 5.94. The van der Waals surface area contributed by atoms with Gasteiger partial charge in [-0.25, -0.2) is 4.98 Å². The van der Waals surface area contributed by atoms with Crippen LogP contribution >= 0.6 is 0 Å². The predicted octanol–water partition coefficient (Wildman–Crippen LogP) is 0.925. The van der Waals surface area contributed by atoms with Crippen molar-refractivity contribution in [1.82, 2.24) is 20.6 Å². The maximum atomic E-state index is 12.5. The molecule has 0 radical (unpaired) electrons. The van der Waals surface area contributed by atoms with E-state index in [1.807, 2.05) is 32.0 Å². The van der Waals surface area contributed by atoms with Crippen LogP contribution in [0, 0.1) is 0 Å². The van der Waals surface area contributed by atoms with Crippen LogP contribution in [0.25, 0.3) is 0 Å². The summed E-state index contributed by atoms with van der Waals surface area (Å²) in [5.74, 6) is -1.38. The fourth-order valence-corrected chi connectivity index (χ4v) is 3.82. The van der Waals surface area contributed by atoms with Gasteiger partial charge in [-0.05, 0) is 26.0 Å². The Morgan fingerprint density at radius 3 is 2.67 bits per heavy atom. The fraction of sp³-hybridized carbons (Fsp3) is 0.429. The van der Waals surface area contributed by atoms with Gasteiger partial charge >= 0.3 is 0 Å². The Morgan fingerprint density at radius 2 is 1.93 bits per heavy atom. The molecule has 3 heterocycles. The zero-order valence-electron chi connectivity index (χ0n) is 16.8. The molecule has 4 rings (SSSR count). The maximum absolute atomic E-state index is 12.5. The number of hydrogen-bond acceptors (Lipinski definition) is 7. The van der Waals surface area contributed by atoms with E-state index in [0.29, 0.717) is 5.56 Å². The number of ether oxygens (including phenoxy) is 3. The van der Waals surface area contributed by atoms with E-state index in [0.717, 1.165) is 0 Å². The van der Waals surface area contributed by atoms with Gasteiger partial charge in [-0.3, -0.25) is 14.6 Å². The molecule has 0 aliphatic carbocycles. The number of rotatable bonds is 6. The molecule has 9 nitrogen and oxygen atoms in total. The molecule has 2 aromatic rings. The first-order valence-corrected chi connectivity index (χ1v) is 9.76. The van der Waals surface area contributed by atoms with Crippen molar-refractivity contribution >= 4 is 11.8 Å². The Morgan fingerprint density at radius 1 is 1.13 bits per heavy atom. The SMILES string of the molecule is CC1(C)O[C@@H]2[C@@H](CNC(=O)c3cnccn3)OC[C@]2(CNC(=O)c2ccccc2)O1. The lowest BCUT2D eigenvalue weighted by Crippen LogP contribution is -2.52. The van der Waals surface area contributed by atoms with Crippen LogP contribution < -0.4 is 10.6 Å². The van der Waals surface area contributed by atoms with Gasteiger partial charge in [-0.2, -0.15) is 0 Å². The fourth-order valence-electron chi connectivity index (χ4n) is 3.82. The average Bonchev–Trinajstić information content (AvgIpc) is 3.21. The maximum Gasteiger partial charge on any atom is 0.271 e. The third kappa shape index (κ3) is 4.18. The van der Waals surface area contributed by atoms with Crippen LogP contribution in [-0.4, -0.2) is 65.1 Å². The quantitative estimate of drug-likeness (QED) is 0.726. The minimum absolute atomic E-state index is 0.198. The van der Waals surface area contributed by atoms with Crippen molar-refractivity contribution in [2.75, 3.05) is 19.7 Å². The average molecular weight is 412 g/mol. The number of aromatic nitrogens is 2. The first-order valence-electron chi connectivity index (χ1n) is 9.76. The van der Waals surface area contributed by atoms with Crippen molar-refractivity contribution in [2.24, 2.45) is 0 Å². The topological polar surface area (TPSA) is 112 Å². The van der Waals surface area contributed by atoms with Crippen LogP contribution in [0.1, 0.15) is 34.7 Å². The van der Waals surface area contributed by atoms with Gasteiger partial charge in [-0.1, -0.05) is 18.2 Å². The molecule has 9 heteroatoms. The van der Waals surface area contributed by atoms with E-state index in [1.165, 1.54) is 18.6 Å². The van der Waals surface area contributed by atoms with Crippen molar-refractivity contribution in [1.29, 1.82) is 0 Å². The first kappa shape index (κ1) is 20.4. The molecule has 2 aliphatic rings. The molecule has 3 atom stereocenters. The molecule has 0 bridgehead atoms. The Labute approximate surface area is 174 Å². The van der Waals surface area contributed by atoms with Gasteiger partial charge in [0.25, 0.3) is 11.8 Å². The molecule has 1 aromatic carbocycles. The normalized spacial score (nSPS) is 26.7. The molecule has 2 fully saturated rings.